The number of thiophene rings is 1. The number of amides is 2. The molecule has 30 heavy (non-hydrogen) atoms. The number of nitrogens with zero attached hydrogens (tertiary/aromatic N) is 2. The third-order valence-electron chi connectivity index (χ3n) is 4.87. The van der Waals surface area contributed by atoms with Gasteiger partial charge in [0.05, 0.1) is 36.2 Å². The van der Waals surface area contributed by atoms with Crippen LogP contribution in [0.3, 0.4) is 0 Å². The first-order chi connectivity index (χ1) is 14.3. The van der Waals surface area contributed by atoms with E-state index < -0.39 is 17.8 Å². The highest BCUT2D eigenvalue weighted by Crippen LogP contribution is 2.35. The molecule has 6 nitrogen and oxygen atoms in total. The maximum atomic E-state index is 13.2. The molecule has 10 heteroatoms. The number of rotatable bonds is 6. The van der Waals surface area contributed by atoms with Crippen molar-refractivity contribution in [2.75, 3.05) is 57.2 Å². The van der Waals surface area contributed by atoms with Gasteiger partial charge in [-0.25, -0.2) is 4.79 Å². The summed E-state index contributed by atoms with van der Waals surface area (Å²) in [5.41, 5.74) is -0.134. The number of urea groups is 1. The minimum atomic E-state index is -4.49. The van der Waals surface area contributed by atoms with Gasteiger partial charge in [-0.15, -0.1) is 11.3 Å². The van der Waals surface area contributed by atoms with Crippen LogP contribution in [-0.4, -0.2) is 57.9 Å². The molecular formula is C20H25F3N4O2S. The van der Waals surface area contributed by atoms with Crippen LogP contribution in [0.4, 0.5) is 29.3 Å². The maximum absolute atomic E-state index is 13.2. The average Bonchev–Trinajstić information content (AvgIpc) is 3.22. The Morgan fingerprint density at radius 3 is 2.60 bits per heavy atom. The van der Waals surface area contributed by atoms with Crippen LogP contribution in [0.15, 0.2) is 35.7 Å². The van der Waals surface area contributed by atoms with Crippen molar-refractivity contribution >= 4 is 28.7 Å². The van der Waals surface area contributed by atoms with Crippen LogP contribution >= 0.6 is 11.3 Å². The van der Waals surface area contributed by atoms with Crippen LogP contribution in [0.1, 0.15) is 16.5 Å². The number of likely N-dealkylation sites (N-methyl/N-ethyl adjacent to an activating group) is 1. The Kier molecular flexibility index (Phi) is 7.22. The molecule has 0 radical (unpaired) electrons. The van der Waals surface area contributed by atoms with Gasteiger partial charge in [0, 0.05) is 24.5 Å². The third kappa shape index (κ3) is 5.65. The first kappa shape index (κ1) is 22.4. The second-order valence-corrected chi connectivity index (χ2v) is 8.14. The molecule has 2 N–H and O–H groups in total. The van der Waals surface area contributed by atoms with Crippen molar-refractivity contribution in [2.45, 2.75) is 12.2 Å². The standard InChI is InChI=1S/C20H25F3N4O2S/c1-26(2)17(18-4-3-11-30-18)13-24-19(28)25-15-12-14(20(21,22)23)5-6-16(15)27-7-9-29-10-8-27/h3-6,11-12,17H,7-10,13H2,1-2H3,(H2,24,25,28). The highest BCUT2D eigenvalue weighted by molar-refractivity contribution is 7.10. The normalized spacial score (nSPS) is 15.9. The summed E-state index contributed by atoms with van der Waals surface area (Å²) in [6.07, 6.45) is -4.49. The van der Waals surface area contributed by atoms with Gasteiger partial charge in [0.25, 0.3) is 0 Å². The number of carbonyl (C=O) groups excluding carboxylic acids is 1. The van der Waals surface area contributed by atoms with Gasteiger partial charge >= 0.3 is 12.2 Å². The summed E-state index contributed by atoms with van der Waals surface area (Å²) in [5.74, 6) is 0. The SMILES string of the molecule is CN(C)C(CNC(=O)Nc1cc(C(F)(F)F)ccc1N1CCOCC1)c1cccs1. The molecule has 1 aliphatic heterocycles. The summed E-state index contributed by atoms with van der Waals surface area (Å²) in [6.45, 7) is 2.38. The van der Waals surface area contributed by atoms with Gasteiger partial charge in [-0.2, -0.15) is 13.2 Å². The number of halogens is 3. The van der Waals surface area contributed by atoms with E-state index in [4.69, 9.17) is 4.74 Å². The smallest absolute Gasteiger partial charge is 0.378 e. The molecule has 1 aromatic heterocycles. The van der Waals surface area contributed by atoms with Crippen molar-refractivity contribution in [3.63, 3.8) is 0 Å². The Morgan fingerprint density at radius 1 is 1.27 bits per heavy atom. The fourth-order valence-corrected chi connectivity index (χ4v) is 4.19. The third-order valence-corrected chi connectivity index (χ3v) is 5.85. The van der Waals surface area contributed by atoms with Gasteiger partial charge < -0.3 is 25.2 Å². The lowest BCUT2D eigenvalue weighted by molar-refractivity contribution is -0.137. The Hall–Kier alpha value is -2.30. The lowest BCUT2D eigenvalue weighted by atomic mass is 10.1. The predicted molar refractivity (Wildman–Crippen MR) is 112 cm³/mol. The zero-order valence-electron chi connectivity index (χ0n) is 16.8. The number of nitrogens with one attached hydrogen (secondary N) is 2. The molecule has 1 aliphatic rings. The largest absolute Gasteiger partial charge is 0.416 e. The molecule has 164 valence electrons. The average molecular weight is 443 g/mol. The molecule has 1 unspecified atom stereocenters. The Balaban J connectivity index is 1.75. The quantitative estimate of drug-likeness (QED) is 0.709. The van der Waals surface area contributed by atoms with Gasteiger partial charge in [-0.1, -0.05) is 6.07 Å². The summed E-state index contributed by atoms with van der Waals surface area (Å²) in [4.78, 5) is 17.5. The second kappa shape index (κ2) is 9.67. The summed E-state index contributed by atoms with van der Waals surface area (Å²) in [7, 11) is 3.82. The highest BCUT2D eigenvalue weighted by Gasteiger charge is 2.32. The molecule has 0 spiro atoms. The van der Waals surface area contributed by atoms with E-state index in [1.165, 1.54) is 6.07 Å². The van der Waals surface area contributed by atoms with E-state index >= 15 is 0 Å². The number of hydrogen-bond donors (Lipinski definition) is 2. The lowest BCUT2D eigenvalue weighted by Crippen LogP contribution is -2.38. The molecule has 1 aromatic carbocycles. The van der Waals surface area contributed by atoms with Gasteiger partial charge in [-0.3, -0.25) is 0 Å². The summed E-state index contributed by atoms with van der Waals surface area (Å²) in [6, 6.07) is 6.76. The second-order valence-electron chi connectivity index (χ2n) is 7.16. The van der Waals surface area contributed by atoms with Gasteiger partial charge in [-0.05, 0) is 43.7 Å². The molecule has 0 aliphatic carbocycles. The lowest BCUT2D eigenvalue weighted by Gasteiger charge is -2.31. The summed E-state index contributed by atoms with van der Waals surface area (Å²) in [5, 5.41) is 7.35. The zero-order valence-corrected chi connectivity index (χ0v) is 17.6. The first-order valence-corrected chi connectivity index (χ1v) is 10.4. The van der Waals surface area contributed by atoms with E-state index in [1.54, 1.807) is 11.3 Å². The number of carbonyl (C=O) groups is 1. The summed E-state index contributed by atoms with van der Waals surface area (Å²) >= 11 is 1.58. The van der Waals surface area contributed by atoms with E-state index in [0.717, 1.165) is 17.0 Å². The zero-order chi connectivity index (χ0) is 21.7. The molecule has 1 atom stereocenters. The predicted octanol–water partition coefficient (Wildman–Crippen LogP) is 4.03. The first-order valence-electron chi connectivity index (χ1n) is 9.54. The van der Waals surface area contributed by atoms with Crippen LogP contribution in [-0.2, 0) is 10.9 Å². The minimum Gasteiger partial charge on any atom is -0.378 e. The van der Waals surface area contributed by atoms with Gasteiger partial charge in [0.1, 0.15) is 0 Å². The van der Waals surface area contributed by atoms with E-state index in [-0.39, 0.29) is 11.7 Å². The van der Waals surface area contributed by atoms with Crippen molar-refractivity contribution < 1.29 is 22.7 Å². The number of alkyl halides is 3. The number of morpholine rings is 1. The van der Waals surface area contributed by atoms with Crippen molar-refractivity contribution in [1.29, 1.82) is 0 Å². The van der Waals surface area contributed by atoms with E-state index in [0.29, 0.717) is 38.5 Å². The van der Waals surface area contributed by atoms with E-state index in [2.05, 4.69) is 10.6 Å². The number of benzene rings is 1. The van der Waals surface area contributed by atoms with Crippen LogP contribution in [0.5, 0.6) is 0 Å². The van der Waals surface area contributed by atoms with Gasteiger partial charge in [0.15, 0.2) is 0 Å². The number of anilines is 2. The fourth-order valence-electron chi connectivity index (χ4n) is 3.27. The Labute approximate surface area is 177 Å². The maximum Gasteiger partial charge on any atom is 0.416 e. The molecule has 0 bridgehead atoms. The van der Waals surface area contributed by atoms with Crippen molar-refractivity contribution in [3.8, 4) is 0 Å². The van der Waals surface area contributed by atoms with Crippen LogP contribution in [0.25, 0.3) is 0 Å². The van der Waals surface area contributed by atoms with Crippen LogP contribution in [0, 0.1) is 0 Å². The van der Waals surface area contributed by atoms with E-state index in [9.17, 15) is 18.0 Å². The van der Waals surface area contributed by atoms with Crippen molar-refractivity contribution in [2.24, 2.45) is 0 Å². The van der Waals surface area contributed by atoms with Crippen LogP contribution < -0.4 is 15.5 Å². The fraction of sp³-hybridized carbons (Fsp3) is 0.450. The molecule has 0 saturated carbocycles. The molecule has 2 aromatic rings. The molecule has 2 heterocycles. The van der Waals surface area contributed by atoms with Gasteiger partial charge in [0.2, 0.25) is 0 Å². The minimum absolute atomic E-state index is 0.0315. The highest BCUT2D eigenvalue weighted by atomic mass is 32.1. The molecule has 1 saturated heterocycles. The van der Waals surface area contributed by atoms with Crippen molar-refractivity contribution in [3.05, 3.63) is 46.2 Å². The topological polar surface area (TPSA) is 56.8 Å². The Morgan fingerprint density at radius 2 is 2.00 bits per heavy atom. The van der Waals surface area contributed by atoms with Crippen molar-refractivity contribution in [1.82, 2.24) is 10.2 Å². The number of hydrogen-bond acceptors (Lipinski definition) is 5. The molecular weight excluding hydrogens is 417 g/mol. The Bertz CT molecular complexity index is 837. The molecule has 2 amide bonds. The monoisotopic (exact) mass is 442 g/mol. The van der Waals surface area contributed by atoms with Crippen LogP contribution in [0.2, 0.25) is 0 Å². The summed E-state index contributed by atoms with van der Waals surface area (Å²) < 4.78 is 45.0. The van der Waals surface area contributed by atoms with E-state index in [1.807, 2.05) is 41.4 Å². The molecule has 3 rings (SSSR count). The number of ether oxygens (including phenoxy) is 1. The molecule has 1 fully saturated rings.